The molecule has 0 heterocycles. The number of hydrogen-bond donors (Lipinski definition) is 1. The zero-order valence-corrected chi connectivity index (χ0v) is 12.6. The summed E-state index contributed by atoms with van der Waals surface area (Å²) in [6.07, 6.45) is 0. The van der Waals surface area contributed by atoms with Crippen LogP contribution in [0.25, 0.3) is 0 Å². The lowest BCUT2D eigenvalue weighted by Gasteiger charge is -2.19. The molecule has 0 aliphatic heterocycles. The number of carboxylic acids is 1. The zero-order valence-electron chi connectivity index (χ0n) is 11.8. The molecule has 0 unspecified atom stereocenters. The van der Waals surface area contributed by atoms with Crippen molar-refractivity contribution in [3.8, 4) is 0 Å². The van der Waals surface area contributed by atoms with Crippen LogP contribution in [-0.4, -0.2) is 33.3 Å². The van der Waals surface area contributed by atoms with Crippen LogP contribution in [-0.2, 0) is 9.53 Å². The maximum atomic E-state index is 11.6. The van der Waals surface area contributed by atoms with Crippen molar-refractivity contribution in [1.29, 1.82) is 0 Å². The molecule has 0 atom stereocenters. The predicted octanol–water partition coefficient (Wildman–Crippen LogP) is 2.73. The van der Waals surface area contributed by atoms with E-state index in [1.165, 1.54) is 0 Å². The van der Waals surface area contributed by atoms with E-state index in [1.807, 2.05) is 0 Å². The number of carboxylic acid groups (broad SMARTS) is 1. The Kier molecular flexibility index (Phi) is 5.31. The molecular formula is C13H15NO6S. The Morgan fingerprint density at radius 2 is 2.00 bits per heavy atom. The molecule has 114 valence electrons. The van der Waals surface area contributed by atoms with Crippen molar-refractivity contribution < 1.29 is 24.4 Å². The fraction of sp³-hybridized carbons (Fsp3) is 0.385. The Hall–Kier alpha value is -2.09. The van der Waals surface area contributed by atoms with Crippen LogP contribution in [0.5, 0.6) is 0 Å². The molecule has 0 saturated heterocycles. The number of ether oxygens (including phenoxy) is 1. The van der Waals surface area contributed by atoms with Crippen molar-refractivity contribution in [2.45, 2.75) is 31.3 Å². The van der Waals surface area contributed by atoms with Crippen molar-refractivity contribution in [2.24, 2.45) is 0 Å². The summed E-state index contributed by atoms with van der Waals surface area (Å²) in [5, 5.41) is 19.8. The van der Waals surface area contributed by atoms with Gasteiger partial charge < -0.3 is 9.84 Å². The first kappa shape index (κ1) is 17.0. The average Bonchev–Trinajstić information content (AvgIpc) is 2.33. The van der Waals surface area contributed by atoms with Crippen molar-refractivity contribution >= 4 is 29.4 Å². The number of thioether (sulfide) groups is 1. The molecule has 0 bridgehead atoms. The summed E-state index contributed by atoms with van der Waals surface area (Å²) >= 11 is 0.896. The Labute approximate surface area is 125 Å². The summed E-state index contributed by atoms with van der Waals surface area (Å²) < 4.78 is 5.10. The Balaban J connectivity index is 2.90. The van der Waals surface area contributed by atoms with E-state index >= 15 is 0 Å². The highest BCUT2D eigenvalue weighted by Crippen LogP contribution is 2.28. The number of nitro groups is 1. The van der Waals surface area contributed by atoms with Crippen LogP contribution in [0.2, 0.25) is 0 Å². The lowest BCUT2D eigenvalue weighted by Crippen LogP contribution is -2.24. The third kappa shape index (κ3) is 5.42. The maximum absolute atomic E-state index is 11.6. The molecule has 1 N–H and O–H groups in total. The number of carbonyl (C=O) groups is 2. The first-order valence-electron chi connectivity index (χ1n) is 5.96. The van der Waals surface area contributed by atoms with Gasteiger partial charge in [-0.05, 0) is 26.8 Å². The second kappa shape index (κ2) is 6.57. The molecule has 7 nitrogen and oxygen atoms in total. The van der Waals surface area contributed by atoms with Gasteiger partial charge in [-0.3, -0.25) is 14.9 Å². The second-order valence-electron chi connectivity index (χ2n) is 5.12. The zero-order chi connectivity index (χ0) is 16.2. The number of carbonyl (C=O) groups excluding carboxylic acids is 1. The van der Waals surface area contributed by atoms with Gasteiger partial charge in [-0.1, -0.05) is 0 Å². The third-order valence-electron chi connectivity index (χ3n) is 2.17. The molecule has 0 aliphatic rings. The molecule has 1 rings (SSSR count). The van der Waals surface area contributed by atoms with Gasteiger partial charge in [0.2, 0.25) is 0 Å². The topological polar surface area (TPSA) is 107 Å². The summed E-state index contributed by atoms with van der Waals surface area (Å²) in [5.74, 6) is -1.86. The molecule has 0 amide bonds. The SMILES string of the molecule is CC(C)(C)OC(=O)CSc1cc([N+](=O)[O-])ccc1C(=O)O. The standard InChI is InChI=1S/C13H15NO6S/c1-13(2,3)20-11(15)7-21-10-6-8(14(18)19)4-5-9(10)12(16)17/h4-6H,7H2,1-3H3,(H,16,17). The van der Waals surface area contributed by atoms with Gasteiger partial charge >= 0.3 is 11.9 Å². The third-order valence-corrected chi connectivity index (χ3v) is 3.20. The molecule has 8 heteroatoms. The van der Waals surface area contributed by atoms with E-state index in [0.717, 1.165) is 30.0 Å². The molecule has 0 fully saturated rings. The molecule has 0 radical (unpaired) electrons. The minimum Gasteiger partial charge on any atom is -0.478 e. The van der Waals surface area contributed by atoms with E-state index in [9.17, 15) is 19.7 Å². The average molecular weight is 313 g/mol. The number of nitro benzene ring substituents is 1. The number of aromatic carboxylic acids is 1. The number of hydrogen-bond acceptors (Lipinski definition) is 6. The Morgan fingerprint density at radius 1 is 1.38 bits per heavy atom. The molecule has 1 aromatic rings. The molecule has 0 spiro atoms. The smallest absolute Gasteiger partial charge is 0.336 e. The molecule has 1 aromatic carbocycles. The predicted molar refractivity (Wildman–Crippen MR) is 76.6 cm³/mol. The minimum atomic E-state index is -1.21. The van der Waals surface area contributed by atoms with Crippen molar-refractivity contribution in [1.82, 2.24) is 0 Å². The number of nitrogens with zero attached hydrogens (tertiary/aromatic N) is 1. The highest BCUT2D eigenvalue weighted by molar-refractivity contribution is 8.00. The minimum absolute atomic E-state index is 0.0887. The van der Waals surface area contributed by atoms with Gasteiger partial charge in [0.1, 0.15) is 5.60 Å². The number of non-ortho nitro benzene ring substituents is 1. The van der Waals surface area contributed by atoms with E-state index in [0.29, 0.717) is 0 Å². The highest BCUT2D eigenvalue weighted by Gasteiger charge is 2.19. The van der Waals surface area contributed by atoms with Crippen LogP contribution in [0.15, 0.2) is 23.1 Å². The molecule has 0 aliphatic carbocycles. The van der Waals surface area contributed by atoms with Gasteiger partial charge in [0, 0.05) is 17.0 Å². The summed E-state index contributed by atoms with van der Waals surface area (Å²) in [4.78, 5) is 32.9. The molecule has 0 saturated carbocycles. The number of esters is 1. The van der Waals surface area contributed by atoms with Gasteiger partial charge in [0.05, 0.1) is 16.2 Å². The summed E-state index contributed by atoms with van der Waals surface area (Å²) in [7, 11) is 0. The fourth-order valence-corrected chi connectivity index (χ4v) is 2.28. The summed E-state index contributed by atoms with van der Waals surface area (Å²) in [6, 6.07) is 3.40. The highest BCUT2D eigenvalue weighted by atomic mass is 32.2. The van der Waals surface area contributed by atoms with E-state index in [-0.39, 0.29) is 21.9 Å². The quantitative estimate of drug-likeness (QED) is 0.385. The van der Waals surface area contributed by atoms with Gasteiger partial charge in [-0.15, -0.1) is 11.8 Å². The first-order chi connectivity index (χ1) is 9.60. The van der Waals surface area contributed by atoms with Crippen LogP contribution in [0.1, 0.15) is 31.1 Å². The largest absolute Gasteiger partial charge is 0.478 e. The van der Waals surface area contributed by atoms with Crippen molar-refractivity contribution in [2.75, 3.05) is 5.75 Å². The second-order valence-corrected chi connectivity index (χ2v) is 6.14. The summed E-state index contributed by atoms with van der Waals surface area (Å²) in [5.41, 5.74) is -0.962. The summed E-state index contributed by atoms with van der Waals surface area (Å²) in [6.45, 7) is 5.14. The Bertz CT molecular complexity index is 579. The molecular weight excluding hydrogens is 298 g/mol. The maximum Gasteiger partial charge on any atom is 0.336 e. The lowest BCUT2D eigenvalue weighted by atomic mass is 10.2. The van der Waals surface area contributed by atoms with Crippen molar-refractivity contribution in [3.63, 3.8) is 0 Å². The number of benzene rings is 1. The van der Waals surface area contributed by atoms with Crippen LogP contribution in [0, 0.1) is 10.1 Å². The van der Waals surface area contributed by atoms with Gasteiger partial charge in [-0.25, -0.2) is 4.79 Å². The first-order valence-corrected chi connectivity index (χ1v) is 6.95. The fourth-order valence-electron chi connectivity index (χ4n) is 1.43. The van der Waals surface area contributed by atoms with Crippen LogP contribution in [0.3, 0.4) is 0 Å². The Morgan fingerprint density at radius 3 is 2.48 bits per heavy atom. The van der Waals surface area contributed by atoms with Crippen LogP contribution >= 0.6 is 11.8 Å². The molecule has 0 aromatic heterocycles. The van der Waals surface area contributed by atoms with E-state index < -0.39 is 22.5 Å². The van der Waals surface area contributed by atoms with Gasteiger partial charge in [0.15, 0.2) is 0 Å². The number of rotatable bonds is 5. The van der Waals surface area contributed by atoms with Crippen LogP contribution < -0.4 is 0 Å². The van der Waals surface area contributed by atoms with Crippen molar-refractivity contribution in [3.05, 3.63) is 33.9 Å². The van der Waals surface area contributed by atoms with E-state index in [4.69, 9.17) is 9.84 Å². The normalized spacial score (nSPS) is 11.0. The monoisotopic (exact) mass is 313 g/mol. The van der Waals surface area contributed by atoms with Gasteiger partial charge in [-0.2, -0.15) is 0 Å². The molecule has 21 heavy (non-hydrogen) atoms. The van der Waals surface area contributed by atoms with Gasteiger partial charge in [0.25, 0.3) is 5.69 Å². The lowest BCUT2D eigenvalue weighted by molar-refractivity contribution is -0.385. The van der Waals surface area contributed by atoms with E-state index in [2.05, 4.69) is 0 Å². The van der Waals surface area contributed by atoms with E-state index in [1.54, 1.807) is 20.8 Å². The van der Waals surface area contributed by atoms with Crippen LogP contribution in [0.4, 0.5) is 5.69 Å².